The van der Waals surface area contributed by atoms with Crippen LogP contribution in [0, 0.1) is 0 Å². The molecule has 0 saturated heterocycles. The van der Waals surface area contributed by atoms with E-state index in [1.54, 1.807) is 7.05 Å². The first-order valence-electron chi connectivity index (χ1n) is 4.24. The molecule has 0 aromatic heterocycles. The molecule has 0 aromatic rings. The number of aliphatic hydroxyl groups excluding tert-OH is 1. The molecule has 0 fully saturated rings. The van der Waals surface area contributed by atoms with Gasteiger partial charge < -0.3 is 15.7 Å². The number of nitrogens with zero attached hydrogens (tertiary/aromatic N) is 1. The van der Waals surface area contributed by atoms with Gasteiger partial charge in [-0.1, -0.05) is 13.3 Å². The zero-order valence-corrected chi connectivity index (χ0v) is 7.79. The van der Waals surface area contributed by atoms with E-state index in [1.807, 2.05) is 6.92 Å². The van der Waals surface area contributed by atoms with Gasteiger partial charge in [-0.15, -0.1) is 0 Å². The third-order valence-corrected chi connectivity index (χ3v) is 1.73. The second-order valence-corrected chi connectivity index (χ2v) is 2.88. The molecule has 0 radical (unpaired) electrons. The Labute approximate surface area is 73.3 Å². The first-order chi connectivity index (χ1) is 5.63. The lowest BCUT2D eigenvalue weighted by molar-refractivity contribution is -0.131. The molecule has 4 nitrogen and oxygen atoms in total. The maximum atomic E-state index is 11.3. The molecule has 0 heterocycles. The van der Waals surface area contributed by atoms with Crippen LogP contribution in [0.5, 0.6) is 0 Å². The molecular formula is C8H18N2O2. The minimum Gasteiger partial charge on any atom is -0.395 e. The average Bonchev–Trinajstić information content (AvgIpc) is 2.04. The lowest BCUT2D eigenvalue weighted by Crippen LogP contribution is -2.42. The van der Waals surface area contributed by atoms with E-state index in [1.165, 1.54) is 4.90 Å². The van der Waals surface area contributed by atoms with Gasteiger partial charge in [-0.05, 0) is 6.42 Å². The standard InChI is InChI=1S/C8H18N2O2/c1-3-4-7(9)8(12)10(2)5-6-11/h7,11H,3-6,9H2,1-2H3/t7-/m0/s1. The molecule has 0 spiro atoms. The lowest BCUT2D eigenvalue weighted by Gasteiger charge is -2.19. The van der Waals surface area contributed by atoms with Crippen LogP contribution in [0.1, 0.15) is 19.8 Å². The number of nitrogens with two attached hydrogens (primary N) is 1. The van der Waals surface area contributed by atoms with E-state index in [4.69, 9.17) is 10.8 Å². The Kier molecular flexibility index (Phi) is 5.66. The van der Waals surface area contributed by atoms with Gasteiger partial charge in [-0.2, -0.15) is 0 Å². The summed E-state index contributed by atoms with van der Waals surface area (Å²) in [7, 11) is 1.65. The molecule has 4 heteroatoms. The fraction of sp³-hybridized carbons (Fsp3) is 0.875. The molecule has 0 aliphatic rings. The largest absolute Gasteiger partial charge is 0.395 e. The second kappa shape index (κ2) is 5.97. The summed E-state index contributed by atoms with van der Waals surface area (Å²) in [6.45, 7) is 2.33. The number of aliphatic hydroxyl groups is 1. The topological polar surface area (TPSA) is 66.6 Å². The van der Waals surface area contributed by atoms with E-state index in [-0.39, 0.29) is 12.5 Å². The predicted octanol–water partition coefficient (Wildman–Crippen LogP) is -0.435. The van der Waals surface area contributed by atoms with E-state index in [2.05, 4.69) is 0 Å². The number of rotatable bonds is 5. The summed E-state index contributed by atoms with van der Waals surface area (Å²) in [5, 5.41) is 8.56. The second-order valence-electron chi connectivity index (χ2n) is 2.88. The molecule has 0 aliphatic heterocycles. The van der Waals surface area contributed by atoms with Crippen LogP contribution < -0.4 is 5.73 Å². The van der Waals surface area contributed by atoms with Crippen LogP contribution in [-0.4, -0.2) is 42.2 Å². The van der Waals surface area contributed by atoms with Crippen molar-refractivity contribution in [2.75, 3.05) is 20.2 Å². The third kappa shape index (κ3) is 3.69. The van der Waals surface area contributed by atoms with Crippen LogP contribution in [0.2, 0.25) is 0 Å². The smallest absolute Gasteiger partial charge is 0.239 e. The number of hydrogen-bond donors (Lipinski definition) is 2. The van der Waals surface area contributed by atoms with E-state index < -0.39 is 6.04 Å². The maximum absolute atomic E-state index is 11.3. The lowest BCUT2D eigenvalue weighted by atomic mass is 10.1. The van der Waals surface area contributed by atoms with Gasteiger partial charge in [0.05, 0.1) is 12.6 Å². The zero-order chi connectivity index (χ0) is 9.56. The first-order valence-corrected chi connectivity index (χ1v) is 4.24. The van der Waals surface area contributed by atoms with Crippen LogP contribution in [-0.2, 0) is 4.79 Å². The van der Waals surface area contributed by atoms with Gasteiger partial charge in [0.15, 0.2) is 0 Å². The Morgan fingerprint density at radius 1 is 1.67 bits per heavy atom. The van der Waals surface area contributed by atoms with E-state index >= 15 is 0 Å². The summed E-state index contributed by atoms with van der Waals surface area (Å²) in [4.78, 5) is 12.8. The molecule has 3 N–H and O–H groups in total. The molecule has 0 saturated carbocycles. The van der Waals surface area contributed by atoms with Gasteiger partial charge in [-0.25, -0.2) is 0 Å². The van der Waals surface area contributed by atoms with Gasteiger partial charge in [0.25, 0.3) is 0 Å². The highest BCUT2D eigenvalue weighted by molar-refractivity contribution is 5.81. The monoisotopic (exact) mass is 174 g/mol. The van der Waals surface area contributed by atoms with Crippen molar-refractivity contribution in [3.63, 3.8) is 0 Å². The van der Waals surface area contributed by atoms with Crippen LogP contribution >= 0.6 is 0 Å². The minimum absolute atomic E-state index is 0.0128. The van der Waals surface area contributed by atoms with Gasteiger partial charge >= 0.3 is 0 Å². The summed E-state index contributed by atoms with van der Waals surface area (Å²) in [5.74, 6) is -0.0918. The summed E-state index contributed by atoms with van der Waals surface area (Å²) >= 11 is 0. The van der Waals surface area contributed by atoms with Gasteiger partial charge in [0, 0.05) is 13.6 Å². The van der Waals surface area contributed by atoms with Crippen molar-refractivity contribution in [1.82, 2.24) is 4.90 Å². The Hall–Kier alpha value is -0.610. The van der Waals surface area contributed by atoms with E-state index in [9.17, 15) is 4.79 Å². The van der Waals surface area contributed by atoms with Crippen molar-refractivity contribution < 1.29 is 9.90 Å². The molecular weight excluding hydrogens is 156 g/mol. The molecule has 0 bridgehead atoms. The van der Waals surface area contributed by atoms with E-state index in [0.29, 0.717) is 13.0 Å². The van der Waals surface area contributed by atoms with E-state index in [0.717, 1.165) is 6.42 Å². The molecule has 12 heavy (non-hydrogen) atoms. The summed E-state index contributed by atoms with van der Waals surface area (Å²) < 4.78 is 0. The Morgan fingerprint density at radius 2 is 2.25 bits per heavy atom. The molecule has 1 amide bonds. The van der Waals surface area contributed by atoms with Crippen molar-refractivity contribution in [3.8, 4) is 0 Å². The highest BCUT2D eigenvalue weighted by atomic mass is 16.3. The predicted molar refractivity (Wildman–Crippen MR) is 47.6 cm³/mol. The normalized spacial score (nSPS) is 12.7. The molecule has 1 atom stereocenters. The highest BCUT2D eigenvalue weighted by Gasteiger charge is 2.15. The highest BCUT2D eigenvalue weighted by Crippen LogP contribution is 1.97. The van der Waals surface area contributed by atoms with Crippen molar-refractivity contribution in [3.05, 3.63) is 0 Å². The third-order valence-electron chi connectivity index (χ3n) is 1.73. The summed E-state index contributed by atoms with van der Waals surface area (Å²) in [6, 6.07) is -0.411. The fourth-order valence-electron chi connectivity index (χ4n) is 0.978. The minimum atomic E-state index is -0.411. The van der Waals surface area contributed by atoms with Crippen LogP contribution in [0.15, 0.2) is 0 Å². The molecule has 72 valence electrons. The van der Waals surface area contributed by atoms with Crippen LogP contribution in [0.3, 0.4) is 0 Å². The molecule has 0 aliphatic carbocycles. The van der Waals surface area contributed by atoms with Gasteiger partial charge in [-0.3, -0.25) is 4.79 Å². The Balaban J connectivity index is 3.82. The molecule has 0 unspecified atom stereocenters. The summed E-state index contributed by atoms with van der Waals surface area (Å²) in [6.07, 6.45) is 1.61. The first kappa shape index (κ1) is 11.4. The number of carbonyl (C=O) groups is 1. The number of carbonyl (C=O) groups excluding carboxylic acids is 1. The SMILES string of the molecule is CCC[C@H](N)C(=O)N(C)CCO. The molecule has 0 rings (SSSR count). The van der Waals surface area contributed by atoms with Gasteiger partial charge in [0.2, 0.25) is 5.91 Å². The number of hydrogen-bond acceptors (Lipinski definition) is 3. The summed E-state index contributed by atoms with van der Waals surface area (Å²) in [5.41, 5.74) is 5.59. The maximum Gasteiger partial charge on any atom is 0.239 e. The molecule has 0 aromatic carbocycles. The quantitative estimate of drug-likeness (QED) is 0.594. The zero-order valence-electron chi connectivity index (χ0n) is 7.79. The Morgan fingerprint density at radius 3 is 2.67 bits per heavy atom. The average molecular weight is 174 g/mol. The Bertz CT molecular complexity index is 125. The van der Waals surface area contributed by atoms with Crippen molar-refractivity contribution in [2.45, 2.75) is 25.8 Å². The van der Waals surface area contributed by atoms with Crippen molar-refractivity contribution >= 4 is 5.91 Å². The number of likely N-dealkylation sites (N-methyl/N-ethyl adjacent to an activating group) is 1. The van der Waals surface area contributed by atoms with Crippen molar-refractivity contribution in [1.29, 1.82) is 0 Å². The van der Waals surface area contributed by atoms with Crippen LogP contribution in [0.25, 0.3) is 0 Å². The number of amides is 1. The van der Waals surface area contributed by atoms with Gasteiger partial charge in [0.1, 0.15) is 0 Å². The fourth-order valence-corrected chi connectivity index (χ4v) is 0.978. The van der Waals surface area contributed by atoms with Crippen LogP contribution in [0.4, 0.5) is 0 Å². The van der Waals surface area contributed by atoms with Crippen molar-refractivity contribution in [2.24, 2.45) is 5.73 Å².